The lowest BCUT2D eigenvalue weighted by atomic mass is 10.1. The Hall–Kier alpha value is -3.19. The van der Waals surface area contributed by atoms with Gasteiger partial charge >= 0.3 is 5.97 Å². The molecule has 0 spiro atoms. The first-order valence-electron chi connectivity index (χ1n) is 11.1. The first kappa shape index (κ1) is 24.5. The highest BCUT2D eigenvalue weighted by atomic mass is 35.5. The first-order chi connectivity index (χ1) is 15.9. The van der Waals surface area contributed by atoms with Gasteiger partial charge in [-0.3, -0.25) is 14.4 Å². The number of rotatable bonds is 10. The summed E-state index contributed by atoms with van der Waals surface area (Å²) in [7, 11) is 0. The summed E-state index contributed by atoms with van der Waals surface area (Å²) in [6.07, 6.45) is 1.95. The lowest BCUT2D eigenvalue weighted by molar-refractivity contribution is -0.148. The Bertz CT molecular complexity index is 1170. The number of esters is 1. The number of carbonyl (C=O) groups is 2. The fraction of sp³-hybridized carbons (Fsp3) is 0.360. The fourth-order valence-corrected chi connectivity index (χ4v) is 3.63. The van der Waals surface area contributed by atoms with Gasteiger partial charge in [0.05, 0.1) is 23.5 Å². The average molecular weight is 470 g/mol. The van der Waals surface area contributed by atoms with Gasteiger partial charge in [0.25, 0.3) is 11.5 Å². The number of aromatic nitrogens is 2. The number of hydrogen-bond donors (Lipinski definition) is 1. The Kier molecular flexibility index (Phi) is 8.60. The normalized spacial score (nSPS) is 11.8. The summed E-state index contributed by atoms with van der Waals surface area (Å²) in [5, 5.41) is 3.39. The first-order valence-corrected chi connectivity index (χ1v) is 11.5. The fourth-order valence-electron chi connectivity index (χ4n) is 3.50. The van der Waals surface area contributed by atoms with Crippen LogP contribution in [0.4, 0.5) is 0 Å². The van der Waals surface area contributed by atoms with E-state index in [0.717, 1.165) is 23.9 Å². The zero-order chi connectivity index (χ0) is 23.8. The number of carbonyl (C=O) groups excluding carboxylic acids is 2. The largest absolute Gasteiger partial charge is 0.456 e. The number of hydrogen-bond acceptors (Lipinski definition) is 5. The molecule has 1 N–H and O–H groups in total. The van der Waals surface area contributed by atoms with Crippen molar-refractivity contribution < 1.29 is 14.3 Å². The molecule has 0 bridgehead atoms. The standard InChI is InChI=1S/C25H28ClN3O4/c1-3-4-15-29-22-8-6-5-7-20(22)28-21(25(29)32)13-14-24(31)33-16-23(30)27-17(2)18-9-11-19(26)12-10-18/h5-12,17H,3-4,13-16H2,1-2H3,(H,27,30). The third-order valence-corrected chi connectivity index (χ3v) is 5.58. The minimum Gasteiger partial charge on any atom is -0.456 e. The van der Waals surface area contributed by atoms with Gasteiger partial charge in [0.15, 0.2) is 6.61 Å². The minimum absolute atomic E-state index is 0.0334. The highest BCUT2D eigenvalue weighted by molar-refractivity contribution is 6.30. The Balaban J connectivity index is 1.56. The number of unbranched alkanes of at least 4 members (excludes halogenated alkanes) is 1. The van der Waals surface area contributed by atoms with Gasteiger partial charge < -0.3 is 14.6 Å². The molecule has 33 heavy (non-hydrogen) atoms. The van der Waals surface area contributed by atoms with Crippen LogP contribution in [0.3, 0.4) is 0 Å². The molecule has 3 aromatic rings. The van der Waals surface area contributed by atoms with Crippen molar-refractivity contribution in [3.63, 3.8) is 0 Å². The summed E-state index contributed by atoms with van der Waals surface area (Å²) in [5.74, 6) is -0.963. The highest BCUT2D eigenvalue weighted by Gasteiger charge is 2.15. The summed E-state index contributed by atoms with van der Waals surface area (Å²) < 4.78 is 6.82. The molecule has 0 saturated carbocycles. The van der Waals surface area contributed by atoms with Crippen LogP contribution in [0.25, 0.3) is 11.0 Å². The number of nitrogens with zero attached hydrogens (tertiary/aromatic N) is 2. The molecule has 174 valence electrons. The van der Waals surface area contributed by atoms with Crippen LogP contribution >= 0.6 is 11.6 Å². The Labute approximate surface area is 197 Å². The van der Waals surface area contributed by atoms with E-state index >= 15 is 0 Å². The topological polar surface area (TPSA) is 90.3 Å². The van der Waals surface area contributed by atoms with Crippen molar-refractivity contribution in [1.82, 2.24) is 14.9 Å². The lowest BCUT2D eigenvalue weighted by Gasteiger charge is -2.14. The number of amides is 1. The van der Waals surface area contributed by atoms with Crippen molar-refractivity contribution in [3.05, 3.63) is 75.2 Å². The molecular formula is C25H28ClN3O4. The van der Waals surface area contributed by atoms with Gasteiger partial charge in [-0.25, -0.2) is 4.98 Å². The zero-order valence-corrected chi connectivity index (χ0v) is 19.6. The molecule has 0 fully saturated rings. The molecular weight excluding hydrogens is 442 g/mol. The predicted octanol–water partition coefficient (Wildman–Crippen LogP) is 4.20. The molecule has 0 radical (unpaired) electrons. The van der Waals surface area contributed by atoms with Crippen LogP contribution in [-0.4, -0.2) is 28.0 Å². The third kappa shape index (κ3) is 6.65. The van der Waals surface area contributed by atoms with E-state index in [-0.39, 0.29) is 31.0 Å². The Morgan fingerprint density at radius 1 is 1.15 bits per heavy atom. The van der Waals surface area contributed by atoms with E-state index in [1.165, 1.54) is 0 Å². The molecule has 0 aliphatic carbocycles. The van der Waals surface area contributed by atoms with Crippen LogP contribution in [0.15, 0.2) is 53.3 Å². The van der Waals surface area contributed by atoms with E-state index in [0.29, 0.717) is 22.8 Å². The van der Waals surface area contributed by atoms with Gasteiger partial charge in [-0.1, -0.05) is 49.2 Å². The SMILES string of the molecule is CCCCn1c(=O)c(CCC(=O)OCC(=O)NC(C)c2ccc(Cl)cc2)nc2ccccc21. The molecule has 1 atom stereocenters. The van der Waals surface area contributed by atoms with Crippen molar-refractivity contribution in [2.24, 2.45) is 0 Å². The van der Waals surface area contributed by atoms with E-state index in [1.807, 2.05) is 43.3 Å². The van der Waals surface area contributed by atoms with E-state index < -0.39 is 11.9 Å². The number of para-hydroxylation sites is 2. The molecule has 3 rings (SSSR count). The van der Waals surface area contributed by atoms with Gasteiger partial charge in [0.1, 0.15) is 5.69 Å². The summed E-state index contributed by atoms with van der Waals surface area (Å²) in [6, 6.07) is 14.4. The molecule has 0 saturated heterocycles. The third-order valence-electron chi connectivity index (χ3n) is 5.33. The Morgan fingerprint density at radius 2 is 1.88 bits per heavy atom. The van der Waals surface area contributed by atoms with Crippen LogP contribution in [0, 0.1) is 0 Å². The maximum Gasteiger partial charge on any atom is 0.306 e. The molecule has 1 heterocycles. The smallest absolute Gasteiger partial charge is 0.306 e. The van der Waals surface area contributed by atoms with Gasteiger partial charge in [-0.15, -0.1) is 0 Å². The monoisotopic (exact) mass is 469 g/mol. The van der Waals surface area contributed by atoms with Gasteiger partial charge in [0, 0.05) is 18.0 Å². The van der Waals surface area contributed by atoms with Crippen LogP contribution in [-0.2, 0) is 27.3 Å². The summed E-state index contributed by atoms with van der Waals surface area (Å²) in [4.78, 5) is 41.7. The van der Waals surface area contributed by atoms with Gasteiger partial charge in [-0.05, 0) is 43.2 Å². The maximum atomic E-state index is 12.9. The minimum atomic E-state index is -0.557. The maximum absolute atomic E-state index is 12.9. The second-order valence-corrected chi connectivity index (χ2v) is 8.30. The van der Waals surface area contributed by atoms with Crippen molar-refractivity contribution >= 4 is 34.5 Å². The highest BCUT2D eigenvalue weighted by Crippen LogP contribution is 2.16. The number of aryl methyl sites for hydroxylation is 2. The molecule has 0 aliphatic heterocycles. The Morgan fingerprint density at radius 3 is 2.61 bits per heavy atom. The number of halogens is 1. The molecule has 0 aliphatic rings. The van der Waals surface area contributed by atoms with Crippen LogP contribution in [0.2, 0.25) is 5.02 Å². The zero-order valence-electron chi connectivity index (χ0n) is 18.8. The number of fused-ring (bicyclic) bond motifs is 1. The van der Waals surface area contributed by atoms with Crippen molar-refractivity contribution in [2.75, 3.05) is 6.61 Å². The van der Waals surface area contributed by atoms with Gasteiger partial charge in [0.2, 0.25) is 0 Å². The van der Waals surface area contributed by atoms with Gasteiger partial charge in [-0.2, -0.15) is 0 Å². The average Bonchev–Trinajstić information content (AvgIpc) is 2.81. The van der Waals surface area contributed by atoms with Crippen molar-refractivity contribution in [2.45, 2.75) is 52.1 Å². The second-order valence-electron chi connectivity index (χ2n) is 7.86. The summed E-state index contributed by atoms with van der Waals surface area (Å²) in [6.45, 7) is 4.11. The molecule has 1 unspecified atom stereocenters. The molecule has 8 heteroatoms. The molecule has 2 aromatic carbocycles. The van der Waals surface area contributed by atoms with E-state index in [4.69, 9.17) is 16.3 Å². The lowest BCUT2D eigenvalue weighted by Crippen LogP contribution is -2.31. The molecule has 1 amide bonds. The number of ether oxygens (including phenoxy) is 1. The van der Waals surface area contributed by atoms with E-state index in [1.54, 1.807) is 16.7 Å². The number of benzene rings is 2. The predicted molar refractivity (Wildman–Crippen MR) is 128 cm³/mol. The summed E-state index contributed by atoms with van der Waals surface area (Å²) in [5.41, 5.74) is 2.52. The van der Waals surface area contributed by atoms with Crippen molar-refractivity contribution in [1.29, 1.82) is 0 Å². The van der Waals surface area contributed by atoms with Crippen molar-refractivity contribution in [3.8, 4) is 0 Å². The molecule has 7 nitrogen and oxygen atoms in total. The quantitative estimate of drug-likeness (QED) is 0.449. The van der Waals surface area contributed by atoms with Crippen LogP contribution in [0.1, 0.15) is 50.4 Å². The number of nitrogens with one attached hydrogen (secondary N) is 1. The van der Waals surface area contributed by atoms with Crippen LogP contribution in [0.5, 0.6) is 0 Å². The van der Waals surface area contributed by atoms with E-state index in [2.05, 4.69) is 17.2 Å². The van der Waals surface area contributed by atoms with Crippen LogP contribution < -0.4 is 10.9 Å². The van der Waals surface area contributed by atoms with E-state index in [9.17, 15) is 14.4 Å². The summed E-state index contributed by atoms with van der Waals surface area (Å²) >= 11 is 5.88. The second kappa shape index (κ2) is 11.6. The molecule has 1 aromatic heterocycles.